The van der Waals surface area contributed by atoms with Crippen molar-refractivity contribution in [2.45, 2.75) is 20.4 Å². The highest BCUT2D eigenvalue weighted by Crippen LogP contribution is 2.41. The van der Waals surface area contributed by atoms with Gasteiger partial charge in [0.05, 0.1) is 23.2 Å². The zero-order valence-electron chi connectivity index (χ0n) is 19.6. The van der Waals surface area contributed by atoms with E-state index in [1.54, 1.807) is 36.8 Å². The van der Waals surface area contributed by atoms with Crippen molar-refractivity contribution in [1.29, 1.82) is 0 Å². The van der Waals surface area contributed by atoms with E-state index in [-0.39, 0.29) is 29.5 Å². The molecule has 4 N–H and O–H groups in total. The Balaban J connectivity index is 1.58. The summed E-state index contributed by atoms with van der Waals surface area (Å²) in [7, 11) is 0. The van der Waals surface area contributed by atoms with Crippen molar-refractivity contribution in [2.24, 2.45) is 0 Å². The summed E-state index contributed by atoms with van der Waals surface area (Å²) in [6.45, 7) is 7.60. The van der Waals surface area contributed by atoms with Gasteiger partial charge < -0.3 is 20.9 Å². The summed E-state index contributed by atoms with van der Waals surface area (Å²) < 4.78 is 0. The number of rotatable bonds is 9. The lowest BCUT2D eigenvalue weighted by Gasteiger charge is -2.17. The number of nitrogen functional groups attached to an aromatic ring is 1. The highest BCUT2D eigenvalue weighted by molar-refractivity contribution is 6.41. The molecular formula is C24H27ClN8O2. The van der Waals surface area contributed by atoms with Crippen LogP contribution in [-0.4, -0.2) is 62.8 Å². The molecule has 0 spiro atoms. The number of H-pyrrole nitrogens is 1. The molecule has 0 aliphatic carbocycles. The molecule has 2 amide bonds. The van der Waals surface area contributed by atoms with Crippen molar-refractivity contribution >= 4 is 46.8 Å². The van der Waals surface area contributed by atoms with E-state index in [1.807, 2.05) is 6.07 Å². The van der Waals surface area contributed by atoms with Crippen LogP contribution in [0.15, 0.2) is 36.8 Å². The van der Waals surface area contributed by atoms with Crippen molar-refractivity contribution in [3.63, 3.8) is 0 Å². The van der Waals surface area contributed by atoms with Crippen LogP contribution in [0.25, 0.3) is 11.6 Å². The Kier molecular flexibility index (Phi) is 7.42. The third-order valence-corrected chi connectivity index (χ3v) is 6.08. The van der Waals surface area contributed by atoms with Gasteiger partial charge in [-0.15, -0.1) is 0 Å². The quantitative estimate of drug-likeness (QED) is 0.307. The summed E-state index contributed by atoms with van der Waals surface area (Å²) in [6, 6.07) is 5.34. The number of halogens is 1. The molecule has 3 aromatic rings. The van der Waals surface area contributed by atoms with Crippen LogP contribution in [-0.2, 0) is 11.3 Å². The fourth-order valence-corrected chi connectivity index (χ4v) is 4.19. The molecule has 0 radical (unpaired) electrons. The molecule has 1 aliphatic rings. The molecule has 0 saturated carbocycles. The summed E-state index contributed by atoms with van der Waals surface area (Å²) in [4.78, 5) is 45.1. The van der Waals surface area contributed by atoms with Crippen molar-refractivity contribution in [1.82, 2.24) is 30.2 Å². The minimum absolute atomic E-state index is 0.0254. The monoisotopic (exact) mass is 494 g/mol. The molecule has 11 heteroatoms. The number of carbonyl (C=O) groups is 2. The van der Waals surface area contributed by atoms with Gasteiger partial charge in [0.2, 0.25) is 5.95 Å². The molecule has 3 aromatic heterocycles. The first-order valence-corrected chi connectivity index (χ1v) is 11.7. The molecular weight excluding hydrogens is 468 g/mol. The molecule has 0 bridgehead atoms. The molecule has 35 heavy (non-hydrogen) atoms. The first kappa shape index (κ1) is 24.4. The zero-order chi connectivity index (χ0) is 24.9. The maximum absolute atomic E-state index is 13.4. The van der Waals surface area contributed by atoms with Gasteiger partial charge in [0.15, 0.2) is 5.82 Å². The van der Waals surface area contributed by atoms with E-state index in [4.69, 9.17) is 17.3 Å². The maximum Gasteiger partial charge on any atom is 0.260 e. The highest BCUT2D eigenvalue weighted by Gasteiger charge is 2.37. The second-order valence-electron chi connectivity index (χ2n) is 8.01. The lowest BCUT2D eigenvalue weighted by molar-refractivity contribution is -0.113. The Hall–Kier alpha value is -3.76. The molecule has 4 heterocycles. The van der Waals surface area contributed by atoms with Gasteiger partial charge in [-0.1, -0.05) is 31.5 Å². The van der Waals surface area contributed by atoms with Crippen LogP contribution in [0.5, 0.6) is 0 Å². The third kappa shape index (κ3) is 5.33. The standard InChI is InChI=1S/C24H27ClN8O2/c1-3-32(4-2)9-8-28-22(34)16-10-17(29-13-16)11-18-19-20(25)30-24(26)31-21(19)33(23(18)35)14-15-6-5-7-27-12-15/h5-7,10-13,29H,3-4,8-9,14H2,1-2H3,(H,28,34)(H2,26,30,31). The predicted molar refractivity (Wildman–Crippen MR) is 136 cm³/mol. The fourth-order valence-electron chi connectivity index (χ4n) is 3.92. The molecule has 0 fully saturated rings. The van der Waals surface area contributed by atoms with E-state index < -0.39 is 0 Å². The van der Waals surface area contributed by atoms with E-state index >= 15 is 0 Å². The van der Waals surface area contributed by atoms with Crippen molar-refractivity contribution in [3.8, 4) is 0 Å². The Labute approximate surface area is 208 Å². The number of carbonyl (C=O) groups excluding carboxylic acids is 2. The molecule has 0 saturated heterocycles. The van der Waals surface area contributed by atoms with Crippen molar-refractivity contribution in [3.05, 3.63) is 64.3 Å². The zero-order valence-corrected chi connectivity index (χ0v) is 20.3. The Bertz CT molecular complexity index is 1250. The summed E-state index contributed by atoms with van der Waals surface area (Å²) in [5.41, 5.74) is 8.38. The number of nitrogens with one attached hydrogen (secondary N) is 2. The normalized spacial score (nSPS) is 14.1. The van der Waals surface area contributed by atoms with Gasteiger partial charge in [-0.25, -0.2) is 4.98 Å². The molecule has 0 atom stereocenters. The Morgan fingerprint density at radius 2 is 2.11 bits per heavy atom. The summed E-state index contributed by atoms with van der Waals surface area (Å²) >= 11 is 6.39. The number of nitrogens with two attached hydrogens (primary N) is 1. The van der Waals surface area contributed by atoms with Gasteiger partial charge in [0.1, 0.15) is 5.15 Å². The molecule has 0 unspecified atom stereocenters. The SMILES string of the molecule is CCN(CC)CCNC(=O)c1c[nH]c(C=C2C(=O)N(Cc3cccnc3)c3nc(N)nc(Cl)c32)c1. The summed E-state index contributed by atoms with van der Waals surface area (Å²) in [6.07, 6.45) is 6.58. The van der Waals surface area contributed by atoms with Gasteiger partial charge in [-0.2, -0.15) is 4.98 Å². The van der Waals surface area contributed by atoms with Crippen LogP contribution in [0.3, 0.4) is 0 Å². The topological polar surface area (TPSA) is 133 Å². The van der Waals surface area contributed by atoms with Crippen LogP contribution in [0, 0.1) is 0 Å². The number of anilines is 2. The Morgan fingerprint density at radius 1 is 1.31 bits per heavy atom. The van der Waals surface area contributed by atoms with E-state index in [2.05, 4.69) is 44.0 Å². The van der Waals surface area contributed by atoms with Crippen molar-refractivity contribution < 1.29 is 9.59 Å². The number of pyridine rings is 1. The van der Waals surface area contributed by atoms with Gasteiger partial charge in [-0.3, -0.25) is 19.5 Å². The first-order chi connectivity index (χ1) is 16.9. The number of aromatic nitrogens is 4. The van der Waals surface area contributed by atoms with E-state index in [0.29, 0.717) is 34.8 Å². The average molecular weight is 495 g/mol. The minimum Gasteiger partial charge on any atom is -0.368 e. The van der Waals surface area contributed by atoms with E-state index in [0.717, 1.165) is 25.2 Å². The number of aromatic amines is 1. The summed E-state index contributed by atoms with van der Waals surface area (Å²) in [5, 5.41) is 3.01. The van der Waals surface area contributed by atoms with Gasteiger partial charge >= 0.3 is 0 Å². The van der Waals surface area contributed by atoms with Gasteiger partial charge in [0.25, 0.3) is 11.8 Å². The van der Waals surface area contributed by atoms with Gasteiger partial charge in [-0.05, 0) is 36.9 Å². The number of likely N-dealkylation sites (N-methyl/N-ethyl adjacent to an activating group) is 1. The second kappa shape index (κ2) is 10.7. The first-order valence-electron chi connectivity index (χ1n) is 11.4. The van der Waals surface area contributed by atoms with Crippen LogP contribution < -0.4 is 16.0 Å². The number of fused-ring (bicyclic) bond motifs is 1. The van der Waals surface area contributed by atoms with Crippen molar-refractivity contribution in [2.75, 3.05) is 36.8 Å². The lowest BCUT2D eigenvalue weighted by Crippen LogP contribution is -2.34. The van der Waals surface area contributed by atoms with Crippen LogP contribution >= 0.6 is 11.6 Å². The number of amides is 2. The maximum atomic E-state index is 13.4. The smallest absolute Gasteiger partial charge is 0.260 e. The minimum atomic E-state index is -0.300. The molecule has 1 aliphatic heterocycles. The second-order valence-corrected chi connectivity index (χ2v) is 8.37. The van der Waals surface area contributed by atoms with Crippen LogP contribution in [0.1, 0.15) is 41.0 Å². The molecule has 0 aromatic carbocycles. The molecule has 4 rings (SSSR count). The lowest BCUT2D eigenvalue weighted by atomic mass is 10.1. The third-order valence-electron chi connectivity index (χ3n) is 5.80. The number of nitrogens with zero attached hydrogens (tertiary/aromatic N) is 5. The largest absolute Gasteiger partial charge is 0.368 e. The number of hydrogen-bond acceptors (Lipinski definition) is 7. The predicted octanol–water partition coefficient (Wildman–Crippen LogP) is 2.59. The molecule has 182 valence electrons. The van der Waals surface area contributed by atoms with E-state index in [1.165, 1.54) is 4.90 Å². The van der Waals surface area contributed by atoms with Gasteiger partial charge in [0, 0.05) is 37.4 Å². The highest BCUT2D eigenvalue weighted by atomic mass is 35.5. The van der Waals surface area contributed by atoms with E-state index in [9.17, 15) is 9.59 Å². The fraction of sp³-hybridized carbons (Fsp3) is 0.292. The van der Waals surface area contributed by atoms with Crippen LogP contribution in [0.4, 0.5) is 11.8 Å². The summed E-state index contributed by atoms with van der Waals surface area (Å²) in [5.74, 6) is -0.180. The van der Waals surface area contributed by atoms with Crippen LogP contribution in [0.2, 0.25) is 5.15 Å². The Morgan fingerprint density at radius 3 is 2.83 bits per heavy atom. The molecule has 10 nitrogen and oxygen atoms in total. The average Bonchev–Trinajstić information content (AvgIpc) is 3.42. The number of hydrogen-bond donors (Lipinski definition) is 3.